The maximum absolute atomic E-state index is 10.1. The molecule has 0 aliphatic carbocycles. The number of hydrogen-bond acceptors (Lipinski definition) is 4. The Morgan fingerprint density at radius 2 is 2.35 bits per heavy atom. The van der Waals surface area contributed by atoms with Crippen molar-refractivity contribution in [2.45, 2.75) is 25.9 Å². The SMILES string of the molecule is C=CCc1cc(CN2CCOC[C@@H]2C)cc(OC)c1O. The highest BCUT2D eigenvalue weighted by atomic mass is 16.5. The minimum atomic E-state index is 0.214. The number of phenols is 1. The van der Waals surface area contributed by atoms with Gasteiger partial charge >= 0.3 is 0 Å². The molecule has 1 N–H and O–H groups in total. The van der Waals surface area contributed by atoms with Crippen LogP contribution in [0.1, 0.15) is 18.1 Å². The summed E-state index contributed by atoms with van der Waals surface area (Å²) >= 11 is 0. The highest BCUT2D eigenvalue weighted by Gasteiger charge is 2.20. The van der Waals surface area contributed by atoms with Gasteiger partial charge < -0.3 is 14.6 Å². The first-order valence-electron chi connectivity index (χ1n) is 6.97. The number of rotatable bonds is 5. The lowest BCUT2D eigenvalue weighted by atomic mass is 10.0. The third-order valence-electron chi connectivity index (χ3n) is 3.69. The molecule has 0 aromatic heterocycles. The highest BCUT2D eigenvalue weighted by molar-refractivity contribution is 5.49. The number of phenolic OH excluding ortho intramolecular Hbond substituents is 1. The van der Waals surface area contributed by atoms with Crippen LogP contribution in [0.3, 0.4) is 0 Å². The Morgan fingerprint density at radius 3 is 3.00 bits per heavy atom. The number of aromatic hydroxyl groups is 1. The van der Waals surface area contributed by atoms with Gasteiger partial charge in [0.2, 0.25) is 0 Å². The van der Waals surface area contributed by atoms with Crippen LogP contribution < -0.4 is 4.74 Å². The Morgan fingerprint density at radius 1 is 1.55 bits per heavy atom. The van der Waals surface area contributed by atoms with E-state index in [9.17, 15) is 5.11 Å². The first kappa shape index (κ1) is 14.9. The van der Waals surface area contributed by atoms with Gasteiger partial charge in [-0.3, -0.25) is 4.90 Å². The van der Waals surface area contributed by atoms with E-state index in [-0.39, 0.29) is 5.75 Å². The van der Waals surface area contributed by atoms with E-state index in [1.54, 1.807) is 13.2 Å². The standard InChI is InChI=1S/C16H23NO3/c1-4-5-14-8-13(9-15(19-3)16(14)18)10-17-6-7-20-11-12(17)2/h4,8-9,12,18H,1,5-7,10-11H2,2-3H3/t12-/m0/s1. The summed E-state index contributed by atoms with van der Waals surface area (Å²) in [6, 6.07) is 4.35. The summed E-state index contributed by atoms with van der Waals surface area (Å²) in [5.41, 5.74) is 2.00. The van der Waals surface area contributed by atoms with Gasteiger partial charge in [-0.2, -0.15) is 0 Å². The molecule has 2 rings (SSSR count). The monoisotopic (exact) mass is 277 g/mol. The summed E-state index contributed by atoms with van der Waals surface area (Å²) in [5, 5.41) is 10.1. The molecule has 0 amide bonds. The lowest BCUT2D eigenvalue weighted by Crippen LogP contribution is -2.42. The average molecular weight is 277 g/mol. The number of nitrogens with zero attached hydrogens (tertiary/aromatic N) is 1. The number of hydrogen-bond donors (Lipinski definition) is 1. The Balaban J connectivity index is 2.22. The Hall–Kier alpha value is -1.52. The Labute approximate surface area is 120 Å². The van der Waals surface area contributed by atoms with Crippen molar-refractivity contribution in [3.05, 3.63) is 35.9 Å². The molecule has 0 unspecified atom stereocenters. The average Bonchev–Trinajstić information content (AvgIpc) is 2.45. The van der Waals surface area contributed by atoms with Crippen LogP contribution in [0.25, 0.3) is 0 Å². The van der Waals surface area contributed by atoms with Crippen molar-refractivity contribution in [1.82, 2.24) is 4.90 Å². The fourth-order valence-electron chi connectivity index (χ4n) is 2.52. The van der Waals surface area contributed by atoms with E-state index in [1.807, 2.05) is 12.1 Å². The zero-order valence-electron chi connectivity index (χ0n) is 12.3. The molecule has 20 heavy (non-hydrogen) atoms. The van der Waals surface area contributed by atoms with Crippen molar-refractivity contribution in [3.8, 4) is 11.5 Å². The van der Waals surface area contributed by atoms with Crippen LogP contribution in [0.5, 0.6) is 11.5 Å². The van der Waals surface area contributed by atoms with Crippen molar-refractivity contribution in [1.29, 1.82) is 0 Å². The zero-order valence-corrected chi connectivity index (χ0v) is 12.3. The molecule has 1 heterocycles. The van der Waals surface area contributed by atoms with Crippen LogP contribution >= 0.6 is 0 Å². The largest absolute Gasteiger partial charge is 0.504 e. The molecule has 110 valence electrons. The van der Waals surface area contributed by atoms with Crippen molar-refractivity contribution in [2.75, 3.05) is 26.9 Å². The lowest BCUT2D eigenvalue weighted by Gasteiger charge is -2.33. The van der Waals surface area contributed by atoms with Crippen LogP contribution in [-0.4, -0.2) is 42.9 Å². The number of ether oxygens (including phenoxy) is 2. The van der Waals surface area contributed by atoms with Gasteiger partial charge in [-0.25, -0.2) is 0 Å². The first-order valence-corrected chi connectivity index (χ1v) is 6.97. The van der Waals surface area contributed by atoms with Crippen LogP contribution in [0.4, 0.5) is 0 Å². The molecule has 0 radical (unpaired) electrons. The lowest BCUT2D eigenvalue weighted by molar-refractivity contribution is -0.00440. The van der Waals surface area contributed by atoms with Crippen LogP contribution in [-0.2, 0) is 17.7 Å². The molecular formula is C16H23NO3. The van der Waals surface area contributed by atoms with Gasteiger partial charge in [-0.15, -0.1) is 6.58 Å². The normalized spacial score (nSPS) is 19.8. The molecular weight excluding hydrogens is 254 g/mol. The number of benzene rings is 1. The minimum Gasteiger partial charge on any atom is -0.504 e. The predicted octanol–water partition coefficient (Wildman–Crippen LogP) is 2.35. The third-order valence-corrected chi connectivity index (χ3v) is 3.69. The molecule has 1 atom stereocenters. The molecule has 1 aliphatic rings. The summed E-state index contributed by atoms with van der Waals surface area (Å²) in [4.78, 5) is 2.38. The smallest absolute Gasteiger partial charge is 0.161 e. The minimum absolute atomic E-state index is 0.214. The summed E-state index contributed by atoms with van der Waals surface area (Å²) in [6.07, 6.45) is 2.42. The second kappa shape index (κ2) is 6.77. The van der Waals surface area contributed by atoms with Gasteiger partial charge in [0.05, 0.1) is 20.3 Å². The number of morpholine rings is 1. The van der Waals surface area contributed by atoms with Crippen LogP contribution in [0.15, 0.2) is 24.8 Å². The molecule has 0 spiro atoms. The molecule has 1 aromatic rings. The second-order valence-corrected chi connectivity index (χ2v) is 5.19. The molecule has 4 nitrogen and oxygen atoms in total. The van der Waals surface area contributed by atoms with E-state index in [2.05, 4.69) is 18.4 Å². The van der Waals surface area contributed by atoms with E-state index in [1.165, 1.54) is 0 Å². The van der Waals surface area contributed by atoms with Crippen LogP contribution in [0.2, 0.25) is 0 Å². The molecule has 1 aliphatic heterocycles. The summed E-state index contributed by atoms with van der Waals surface area (Å²) < 4.78 is 10.7. The summed E-state index contributed by atoms with van der Waals surface area (Å²) in [7, 11) is 1.58. The summed E-state index contributed by atoms with van der Waals surface area (Å²) in [5.74, 6) is 0.742. The van der Waals surface area contributed by atoms with Crippen LogP contribution in [0, 0.1) is 0 Å². The molecule has 4 heteroatoms. The zero-order chi connectivity index (χ0) is 14.5. The molecule has 0 bridgehead atoms. The van der Waals surface area contributed by atoms with Crippen molar-refractivity contribution in [3.63, 3.8) is 0 Å². The fourth-order valence-corrected chi connectivity index (χ4v) is 2.52. The number of methoxy groups -OCH3 is 1. The van der Waals surface area contributed by atoms with E-state index >= 15 is 0 Å². The Kier molecular flexibility index (Phi) is 5.04. The Bertz CT molecular complexity index is 473. The van der Waals surface area contributed by atoms with Gasteiger partial charge in [0.25, 0.3) is 0 Å². The maximum atomic E-state index is 10.1. The molecule has 1 saturated heterocycles. The van der Waals surface area contributed by atoms with E-state index in [4.69, 9.17) is 9.47 Å². The number of allylic oxidation sites excluding steroid dienone is 1. The molecule has 1 aromatic carbocycles. The third kappa shape index (κ3) is 3.32. The quantitative estimate of drug-likeness (QED) is 0.839. The fraction of sp³-hybridized carbons (Fsp3) is 0.500. The van der Waals surface area contributed by atoms with Crippen molar-refractivity contribution >= 4 is 0 Å². The first-order chi connectivity index (χ1) is 9.65. The van der Waals surface area contributed by atoms with E-state index in [0.717, 1.165) is 37.4 Å². The topological polar surface area (TPSA) is 41.9 Å². The van der Waals surface area contributed by atoms with Gasteiger partial charge in [-0.05, 0) is 25.0 Å². The summed E-state index contributed by atoms with van der Waals surface area (Å²) in [6.45, 7) is 9.22. The second-order valence-electron chi connectivity index (χ2n) is 5.19. The van der Waals surface area contributed by atoms with Gasteiger partial charge in [-0.1, -0.05) is 12.1 Å². The highest BCUT2D eigenvalue weighted by Crippen LogP contribution is 2.32. The van der Waals surface area contributed by atoms with Gasteiger partial charge in [0.15, 0.2) is 11.5 Å². The van der Waals surface area contributed by atoms with Crippen molar-refractivity contribution < 1.29 is 14.6 Å². The van der Waals surface area contributed by atoms with E-state index in [0.29, 0.717) is 18.2 Å². The molecule has 0 saturated carbocycles. The predicted molar refractivity (Wildman–Crippen MR) is 79.3 cm³/mol. The van der Waals surface area contributed by atoms with Crippen molar-refractivity contribution in [2.24, 2.45) is 0 Å². The molecule has 1 fully saturated rings. The van der Waals surface area contributed by atoms with Gasteiger partial charge in [0.1, 0.15) is 0 Å². The van der Waals surface area contributed by atoms with E-state index < -0.39 is 0 Å². The van der Waals surface area contributed by atoms with Gasteiger partial charge in [0, 0.05) is 24.7 Å². The maximum Gasteiger partial charge on any atom is 0.161 e.